The highest BCUT2D eigenvalue weighted by atomic mass is 32.2. The van der Waals surface area contributed by atoms with Crippen LogP contribution in [0.4, 0.5) is 13.2 Å². The van der Waals surface area contributed by atoms with Crippen LogP contribution in [0.2, 0.25) is 0 Å². The fourth-order valence-corrected chi connectivity index (χ4v) is 7.73. The zero-order valence-corrected chi connectivity index (χ0v) is 24.8. The number of fused-ring (bicyclic) bond motifs is 1. The third-order valence-corrected chi connectivity index (χ3v) is 10.4. The number of carbonyl (C=O) groups is 1. The van der Waals surface area contributed by atoms with Gasteiger partial charge in [0.1, 0.15) is 0 Å². The molecule has 4 aromatic rings. The molecule has 1 N–H and O–H groups in total. The zero-order valence-electron chi connectivity index (χ0n) is 23.9. The Morgan fingerprint density at radius 2 is 1.77 bits per heavy atom. The number of alkyl halides is 3. The van der Waals surface area contributed by atoms with E-state index in [1.807, 2.05) is 25.1 Å². The summed E-state index contributed by atoms with van der Waals surface area (Å²) >= 11 is 0. The van der Waals surface area contributed by atoms with Gasteiger partial charge >= 0.3 is 12.1 Å². The second-order valence-electron chi connectivity index (χ2n) is 11.4. The zero-order chi connectivity index (χ0) is 31.0. The van der Waals surface area contributed by atoms with Crippen molar-refractivity contribution >= 4 is 26.8 Å². The highest BCUT2D eigenvalue weighted by molar-refractivity contribution is 7.89. The molecule has 1 aliphatic rings. The average molecular weight is 611 g/mol. The molecule has 1 saturated heterocycles. The lowest BCUT2D eigenvalue weighted by atomic mass is 9.76. The van der Waals surface area contributed by atoms with Crippen molar-refractivity contribution in [3.05, 3.63) is 95.8 Å². The van der Waals surface area contributed by atoms with Gasteiger partial charge in [-0.3, -0.25) is 9.78 Å². The van der Waals surface area contributed by atoms with Crippen LogP contribution in [-0.4, -0.2) is 41.9 Å². The predicted molar refractivity (Wildman–Crippen MR) is 159 cm³/mol. The number of hydrogen-bond acceptors (Lipinski definition) is 4. The van der Waals surface area contributed by atoms with Crippen molar-refractivity contribution in [2.24, 2.45) is 0 Å². The molecule has 0 spiro atoms. The molecule has 2 heterocycles. The van der Waals surface area contributed by atoms with Crippen LogP contribution < -0.4 is 0 Å². The van der Waals surface area contributed by atoms with E-state index in [1.165, 1.54) is 16.4 Å². The molecule has 2 atom stereocenters. The topological polar surface area (TPSA) is 87.6 Å². The Bertz CT molecular complexity index is 1750. The lowest BCUT2D eigenvalue weighted by Crippen LogP contribution is -2.39. The minimum Gasteiger partial charge on any atom is -0.481 e. The smallest absolute Gasteiger partial charge is 0.416 e. The van der Waals surface area contributed by atoms with Crippen molar-refractivity contribution < 1.29 is 31.5 Å². The first kappa shape index (κ1) is 30.7. The van der Waals surface area contributed by atoms with Crippen molar-refractivity contribution in [2.75, 3.05) is 13.1 Å². The van der Waals surface area contributed by atoms with E-state index in [9.17, 15) is 31.5 Å². The second-order valence-corrected chi connectivity index (χ2v) is 13.3. The Morgan fingerprint density at radius 3 is 2.44 bits per heavy atom. The Labute approximate surface area is 249 Å². The van der Waals surface area contributed by atoms with Crippen LogP contribution in [0, 0.1) is 0 Å². The lowest BCUT2D eigenvalue weighted by molar-refractivity contribution is -0.143. The van der Waals surface area contributed by atoms with Gasteiger partial charge in [-0.15, -0.1) is 0 Å². The number of aliphatic carboxylic acids is 1. The summed E-state index contributed by atoms with van der Waals surface area (Å²) in [6.07, 6.45) is 0.951. The fourth-order valence-electron chi connectivity index (χ4n) is 5.99. The fraction of sp³-hybridized carbons (Fsp3) is 0.333. The maximum Gasteiger partial charge on any atom is 0.416 e. The molecular weight excluding hydrogens is 577 g/mol. The number of carboxylic acid groups (broad SMARTS) is 1. The molecule has 0 amide bonds. The van der Waals surface area contributed by atoms with E-state index in [0.717, 1.165) is 23.1 Å². The number of piperidine rings is 1. The van der Waals surface area contributed by atoms with E-state index in [2.05, 4.69) is 4.98 Å². The largest absolute Gasteiger partial charge is 0.481 e. The van der Waals surface area contributed by atoms with Gasteiger partial charge < -0.3 is 5.11 Å². The van der Waals surface area contributed by atoms with E-state index < -0.39 is 33.1 Å². The Morgan fingerprint density at radius 1 is 1.02 bits per heavy atom. The van der Waals surface area contributed by atoms with E-state index in [4.69, 9.17) is 0 Å². The molecule has 3 aromatic carbocycles. The Hall–Kier alpha value is -3.76. The molecule has 2 unspecified atom stereocenters. The number of sulfonamides is 1. The van der Waals surface area contributed by atoms with Crippen molar-refractivity contribution in [3.63, 3.8) is 0 Å². The third kappa shape index (κ3) is 6.03. The van der Waals surface area contributed by atoms with E-state index >= 15 is 0 Å². The molecular formula is C33H33F3N2O4S. The first-order valence-electron chi connectivity index (χ1n) is 14.2. The quantitative estimate of drug-likeness (QED) is 0.222. The van der Waals surface area contributed by atoms with Crippen LogP contribution >= 0.6 is 0 Å². The van der Waals surface area contributed by atoms with E-state index in [0.29, 0.717) is 54.3 Å². The Balaban J connectivity index is 1.57. The number of halogens is 3. The number of rotatable bonds is 8. The monoisotopic (exact) mass is 610 g/mol. The molecule has 5 rings (SSSR count). The summed E-state index contributed by atoms with van der Waals surface area (Å²) in [7, 11) is -3.87. The molecule has 226 valence electrons. The van der Waals surface area contributed by atoms with E-state index in [-0.39, 0.29) is 17.4 Å². The normalized spacial score (nSPS) is 17.9. The van der Waals surface area contributed by atoms with Gasteiger partial charge in [-0.2, -0.15) is 17.5 Å². The van der Waals surface area contributed by atoms with Crippen LogP contribution in [0.1, 0.15) is 62.1 Å². The van der Waals surface area contributed by atoms with Gasteiger partial charge in [0.25, 0.3) is 0 Å². The van der Waals surface area contributed by atoms with Crippen molar-refractivity contribution in [1.29, 1.82) is 0 Å². The maximum absolute atomic E-state index is 13.9. The van der Waals surface area contributed by atoms with Crippen LogP contribution in [0.3, 0.4) is 0 Å². The van der Waals surface area contributed by atoms with Gasteiger partial charge in [0.15, 0.2) is 0 Å². The molecule has 0 bridgehead atoms. The lowest BCUT2D eigenvalue weighted by Gasteiger charge is -2.34. The van der Waals surface area contributed by atoms with Crippen molar-refractivity contribution in [2.45, 2.75) is 61.9 Å². The summed E-state index contributed by atoms with van der Waals surface area (Å²) in [6, 6.07) is 17.0. The summed E-state index contributed by atoms with van der Waals surface area (Å²) in [5.74, 6) is -1.24. The molecule has 1 aromatic heterocycles. The predicted octanol–water partition coefficient (Wildman–Crippen LogP) is 7.63. The summed E-state index contributed by atoms with van der Waals surface area (Å²) in [5.41, 5.74) is 0.402. The van der Waals surface area contributed by atoms with Crippen molar-refractivity contribution in [1.82, 2.24) is 9.29 Å². The van der Waals surface area contributed by atoms with Crippen LogP contribution in [0.5, 0.6) is 0 Å². The first-order chi connectivity index (χ1) is 20.3. The van der Waals surface area contributed by atoms with Gasteiger partial charge in [-0.25, -0.2) is 8.42 Å². The SMILES string of the molecule is CCCC(C)(C(=O)O)c1cc(-c2ccc(C(F)(F)F)cc2)cc(C2CCCN(S(=O)(=O)c3cccc4cnccc34)C2)c1. The standard InChI is InChI=1S/C33H33F3N2O4S/c1-3-14-32(2,31(39)40)28-18-25(22-9-11-27(12-10-22)33(34,35)36)17-26(19-28)24-7-5-16-38(21-24)43(41,42)30-8-4-6-23-20-37-15-13-29(23)30/h4,6,8-13,15,17-20,24H,3,5,7,14,16,21H2,1-2H3,(H,39,40). The summed E-state index contributed by atoms with van der Waals surface area (Å²) in [6.45, 7) is 4.09. The molecule has 6 nitrogen and oxygen atoms in total. The summed E-state index contributed by atoms with van der Waals surface area (Å²) < 4.78 is 69.0. The van der Waals surface area contributed by atoms with Gasteiger partial charge in [0.05, 0.1) is 15.9 Å². The van der Waals surface area contributed by atoms with Gasteiger partial charge in [-0.1, -0.05) is 49.7 Å². The van der Waals surface area contributed by atoms with E-state index in [1.54, 1.807) is 43.6 Å². The number of hydrogen-bond donors (Lipinski definition) is 1. The molecule has 1 aliphatic heterocycles. The summed E-state index contributed by atoms with van der Waals surface area (Å²) in [5, 5.41) is 11.6. The van der Waals surface area contributed by atoms with Gasteiger partial charge in [0, 0.05) is 36.3 Å². The first-order valence-corrected chi connectivity index (χ1v) is 15.7. The molecule has 0 aliphatic carbocycles. The summed E-state index contributed by atoms with van der Waals surface area (Å²) in [4.78, 5) is 16.8. The van der Waals surface area contributed by atoms with Gasteiger partial charge in [0.2, 0.25) is 10.0 Å². The molecule has 0 saturated carbocycles. The third-order valence-electron chi connectivity index (χ3n) is 8.47. The molecule has 43 heavy (non-hydrogen) atoms. The number of nitrogens with zero attached hydrogens (tertiary/aromatic N) is 2. The number of pyridine rings is 1. The molecule has 1 fully saturated rings. The van der Waals surface area contributed by atoms with Crippen LogP contribution in [0.15, 0.2) is 84.0 Å². The molecule has 10 heteroatoms. The van der Waals surface area contributed by atoms with Crippen LogP contribution in [0.25, 0.3) is 21.9 Å². The average Bonchev–Trinajstić information content (AvgIpc) is 3.00. The van der Waals surface area contributed by atoms with Gasteiger partial charge in [-0.05, 0) is 84.7 Å². The minimum atomic E-state index is -4.48. The van der Waals surface area contributed by atoms with Crippen molar-refractivity contribution in [3.8, 4) is 11.1 Å². The number of aromatic nitrogens is 1. The number of benzene rings is 3. The maximum atomic E-state index is 13.9. The number of carboxylic acids is 1. The molecule has 0 radical (unpaired) electrons. The minimum absolute atomic E-state index is 0.192. The Kier molecular flexibility index (Phi) is 8.37. The highest BCUT2D eigenvalue weighted by Crippen LogP contribution is 2.39. The van der Waals surface area contributed by atoms with Crippen LogP contribution in [-0.2, 0) is 26.4 Å². The highest BCUT2D eigenvalue weighted by Gasteiger charge is 2.37. The second kappa shape index (κ2) is 11.7.